The molecular formula is C17H20N2O3S. The summed E-state index contributed by atoms with van der Waals surface area (Å²) in [5.74, 6) is -1.09. The number of nitrogens with one attached hydrogen (secondary N) is 1. The lowest BCUT2D eigenvalue weighted by Gasteiger charge is -2.19. The van der Waals surface area contributed by atoms with Crippen LogP contribution in [-0.4, -0.2) is 35.4 Å². The molecule has 0 spiro atoms. The van der Waals surface area contributed by atoms with Gasteiger partial charge in [0.05, 0.1) is 11.8 Å². The van der Waals surface area contributed by atoms with Gasteiger partial charge in [0.2, 0.25) is 17.7 Å². The number of carbonyl (C=O) groups excluding carboxylic acids is 3. The monoisotopic (exact) mass is 332 g/mol. The summed E-state index contributed by atoms with van der Waals surface area (Å²) in [7, 11) is 0. The topological polar surface area (TPSA) is 66.5 Å². The van der Waals surface area contributed by atoms with Crippen LogP contribution in [0.3, 0.4) is 0 Å². The number of hydrogen-bond donors (Lipinski definition) is 1. The molecule has 6 heteroatoms. The first-order valence-electron chi connectivity index (χ1n) is 7.89. The van der Waals surface area contributed by atoms with Crippen LogP contribution in [0.4, 0.5) is 5.69 Å². The van der Waals surface area contributed by atoms with E-state index in [-0.39, 0.29) is 36.1 Å². The molecule has 1 aliphatic carbocycles. The van der Waals surface area contributed by atoms with E-state index in [1.165, 1.54) is 0 Å². The second kappa shape index (κ2) is 6.74. The van der Waals surface area contributed by atoms with Crippen LogP contribution in [0.15, 0.2) is 29.2 Å². The fourth-order valence-electron chi connectivity index (χ4n) is 3.41. The second-order valence-electron chi connectivity index (χ2n) is 6.04. The Bertz CT molecular complexity index is 605. The molecule has 1 aromatic carbocycles. The number of thioether (sulfide) groups is 1. The molecule has 1 aromatic rings. The van der Waals surface area contributed by atoms with Crippen LogP contribution in [-0.2, 0) is 14.4 Å². The Morgan fingerprint density at radius 2 is 1.70 bits per heavy atom. The lowest BCUT2D eigenvalue weighted by atomic mass is 9.81. The van der Waals surface area contributed by atoms with Gasteiger partial charge in [0.1, 0.15) is 6.54 Å². The largest absolute Gasteiger partial charge is 0.325 e. The lowest BCUT2D eigenvalue weighted by molar-refractivity contribution is -0.142. The summed E-state index contributed by atoms with van der Waals surface area (Å²) in [5, 5.41) is 2.75. The average molecular weight is 332 g/mol. The van der Waals surface area contributed by atoms with E-state index >= 15 is 0 Å². The lowest BCUT2D eigenvalue weighted by Crippen LogP contribution is -2.38. The summed E-state index contributed by atoms with van der Waals surface area (Å²) < 4.78 is 0. The van der Waals surface area contributed by atoms with Gasteiger partial charge in [-0.05, 0) is 43.4 Å². The van der Waals surface area contributed by atoms with Gasteiger partial charge in [0.15, 0.2) is 0 Å². The van der Waals surface area contributed by atoms with Crippen molar-refractivity contribution in [3.63, 3.8) is 0 Å². The van der Waals surface area contributed by atoms with Crippen molar-refractivity contribution in [1.82, 2.24) is 4.90 Å². The third-order valence-corrected chi connectivity index (χ3v) is 5.35. The molecule has 2 atom stereocenters. The Balaban J connectivity index is 1.63. The van der Waals surface area contributed by atoms with E-state index in [4.69, 9.17) is 0 Å². The van der Waals surface area contributed by atoms with E-state index in [0.29, 0.717) is 5.69 Å². The van der Waals surface area contributed by atoms with Crippen LogP contribution in [0.25, 0.3) is 0 Å². The van der Waals surface area contributed by atoms with Crippen LogP contribution >= 0.6 is 11.8 Å². The highest BCUT2D eigenvalue weighted by atomic mass is 32.2. The van der Waals surface area contributed by atoms with Gasteiger partial charge >= 0.3 is 0 Å². The minimum absolute atomic E-state index is 0.174. The molecule has 23 heavy (non-hydrogen) atoms. The Hall–Kier alpha value is -1.82. The molecule has 2 aliphatic rings. The number of hydrogen-bond acceptors (Lipinski definition) is 4. The zero-order valence-electron chi connectivity index (χ0n) is 13.1. The fourth-order valence-corrected chi connectivity index (χ4v) is 3.81. The number of benzene rings is 1. The molecule has 0 aromatic heterocycles. The highest BCUT2D eigenvalue weighted by Crippen LogP contribution is 2.37. The number of anilines is 1. The predicted molar refractivity (Wildman–Crippen MR) is 89.0 cm³/mol. The molecule has 1 saturated heterocycles. The maximum Gasteiger partial charge on any atom is 0.244 e. The van der Waals surface area contributed by atoms with Crippen LogP contribution in [0.2, 0.25) is 0 Å². The van der Waals surface area contributed by atoms with Crippen molar-refractivity contribution < 1.29 is 14.4 Å². The highest BCUT2D eigenvalue weighted by molar-refractivity contribution is 7.98. The quantitative estimate of drug-likeness (QED) is 0.680. The molecule has 1 aliphatic heterocycles. The van der Waals surface area contributed by atoms with Crippen molar-refractivity contribution in [3.05, 3.63) is 24.3 Å². The van der Waals surface area contributed by atoms with Crippen molar-refractivity contribution in [2.45, 2.75) is 30.6 Å². The first kappa shape index (κ1) is 16.1. The Morgan fingerprint density at radius 3 is 2.22 bits per heavy atom. The fraction of sp³-hybridized carbons (Fsp3) is 0.471. The zero-order chi connectivity index (χ0) is 16.4. The molecule has 1 heterocycles. The molecule has 0 unspecified atom stereocenters. The molecule has 0 radical (unpaired) electrons. The Kier molecular flexibility index (Phi) is 4.71. The van der Waals surface area contributed by atoms with Crippen LogP contribution < -0.4 is 5.32 Å². The standard InChI is InChI=1S/C17H20N2O3S/c1-23-12-8-6-11(7-9-12)18-15(20)10-19-16(21)13-4-2-3-5-14(13)17(19)22/h6-9,13-14H,2-5,10H2,1H3,(H,18,20)/t13-,14-/m1/s1. The number of carbonyl (C=O) groups is 3. The molecule has 3 rings (SSSR count). The van der Waals surface area contributed by atoms with Gasteiger partial charge in [0.25, 0.3) is 0 Å². The van der Waals surface area contributed by atoms with Gasteiger partial charge in [-0.1, -0.05) is 12.8 Å². The van der Waals surface area contributed by atoms with Crippen molar-refractivity contribution >= 4 is 35.2 Å². The van der Waals surface area contributed by atoms with E-state index < -0.39 is 0 Å². The number of imide groups is 1. The smallest absolute Gasteiger partial charge is 0.244 e. The summed E-state index contributed by atoms with van der Waals surface area (Å²) in [5.41, 5.74) is 0.671. The van der Waals surface area contributed by atoms with Gasteiger partial charge in [-0.2, -0.15) is 0 Å². The maximum absolute atomic E-state index is 12.3. The van der Waals surface area contributed by atoms with E-state index in [1.54, 1.807) is 11.8 Å². The SMILES string of the molecule is CSc1ccc(NC(=O)CN2C(=O)[C@@H]3CCCC[C@H]3C2=O)cc1. The molecule has 122 valence electrons. The second-order valence-corrected chi connectivity index (χ2v) is 6.92. The highest BCUT2D eigenvalue weighted by Gasteiger charge is 2.48. The molecule has 2 fully saturated rings. The van der Waals surface area contributed by atoms with Gasteiger partial charge < -0.3 is 5.32 Å². The van der Waals surface area contributed by atoms with Crippen LogP contribution in [0.1, 0.15) is 25.7 Å². The van der Waals surface area contributed by atoms with Crippen molar-refractivity contribution in [1.29, 1.82) is 0 Å². The van der Waals surface area contributed by atoms with Gasteiger partial charge in [-0.25, -0.2) is 0 Å². The van der Waals surface area contributed by atoms with Crippen LogP contribution in [0, 0.1) is 11.8 Å². The number of likely N-dealkylation sites (tertiary alicyclic amines) is 1. The van der Waals surface area contributed by atoms with Gasteiger partial charge in [-0.3, -0.25) is 19.3 Å². The molecule has 3 amide bonds. The average Bonchev–Trinajstić information content (AvgIpc) is 2.81. The minimum atomic E-state index is -0.331. The minimum Gasteiger partial charge on any atom is -0.325 e. The summed E-state index contributed by atoms with van der Waals surface area (Å²) in [6.45, 7) is -0.186. The van der Waals surface area contributed by atoms with Crippen molar-refractivity contribution in [3.8, 4) is 0 Å². The molecule has 1 saturated carbocycles. The Labute approximate surface area is 139 Å². The van der Waals surface area contributed by atoms with Gasteiger partial charge in [0, 0.05) is 10.6 Å². The zero-order valence-corrected chi connectivity index (χ0v) is 13.9. The summed E-state index contributed by atoms with van der Waals surface area (Å²) in [4.78, 5) is 39.1. The van der Waals surface area contributed by atoms with E-state index in [9.17, 15) is 14.4 Å². The first-order valence-corrected chi connectivity index (χ1v) is 9.12. The first-order chi connectivity index (χ1) is 11.1. The summed E-state index contributed by atoms with van der Waals surface area (Å²) in [6.07, 6.45) is 5.49. The number of fused-ring (bicyclic) bond motifs is 1. The summed E-state index contributed by atoms with van der Waals surface area (Å²) >= 11 is 1.62. The van der Waals surface area contributed by atoms with Gasteiger partial charge in [-0.15, -0.1) is 11.8 Å². The van der Waals surface area contributed by atoms with E-state index in [2.05, 4.69) is 5.32 Å². The Morgan fingerprint density at radius 1 is 1.13 bits per heavy atom. The van der Waals surface area contributed by atoms with Crippen molar-refractivity contribution in [2.75, 3.05) is 18.1 Å². The maximum atomic E-state index is 12.3. The molecular weight excluding hydrogens is 312 g/mol. The molecule has 5 nitrogen and oxygen atoms in total. The van der Waals surface area contributed by atoms with E-state index in [1.807, 2.05) is 30.5 Å². The van der Waals surface area contributed by atoms with E-state index in [0.717, 1.165) is 35.5 Å². The predicted octanol–water partition coefficient (Wildman–Crippen LogP) is 2.52. The molecule has 1 N–H and O–H groups in total. The summed E-state index contributed by atoms with van der Waals surface area (Å²) in [6, 6.07) is 7.47. The van der Waals surface area contributed by atoms with Crippen LogP contribution in [0.5, 0.6) is 0 Å². The molecule has 0 bridgehead atoms. The number of rotatable bonds is 4. The van der Waals surface area contributed by atoms with Crippen molar-refractivity contribution in [2.24, 2.45) is 11.8 Å². The third-order valence-electron chi connectivity index (χ3n) is 4.61. The number of nitrogens with zero attached hydrogens (tertiary/aromatic N) is 1. The number of amides is 3. The third kappa shape index (κ3) is 3.27. The normalized spacial score (nSPS) is 23.8.